The molecule has 1 rings (SSSR count). The number of carbonyl (C=O) groups excluding carboxylic acids is 1. The van der Waals surface area contributed by atoms with Gasteiger partial charge in [0.1, 0.15) is 0 Å². The number of aromatic nitrogens is 2. The van der Waals surface area contributed by atoms with Crippen LogP contribution in [-0.4, -0.2) is 34.1 Å². The summed E-state index contributed by atoms with van der Waals surface area (Å²) in [6, 6.07) is 0. The van der Waals surface area contributed by atoms with E-state index in [1.807, 2.05) is 4.90 Å². The van der Waals surface area contributed by atoms with Crippen LogP contribution < -0.4 is 5.73 Å². The maximum Gasteiger partial charge on any atom is 0.276 e. The van der Waals surface area contributed by atoms with Crippen LogP contribution >= 0.6 is 0 Å². The molecule has 114 valence electrons. The maximum atomic E-state index is 12.6. The molecule has 0 aliphatic rings. The fraction of sp³-hybridized carbons (Fsp3) is 0.733. The smallest absolute Gasteiger partial charge is 0.276 e. The minimum absolute atomic E-state index is 0.0662. The van der Waals surface area contributed by atoms with Crippen molar-refractivity contribution < 1.29 is 4.79 Å². The number of amides is 1. The average molecular weight is 280 g/mol. The summed E-state index contributed by atoms with van der Waals surface area (Å²) in [5.74, 6) is 0.782. The Hall–Kier alpha value is -1.52. The molecule has 3 N–H and O–H groups in total. The third kappa shape index (κ3) is 4.25. The first-order valence-corrected chi connectivity index (χ1v) is 7.48. The van der Waals surface area contributed by atoms with Crippen molar-refractivity contribution in [1.29, 1.82) is 0 Å². The molecule has 0 radical (unpaired) electrons. The van der Waals surface area contributed by atoms with Gasteiger partial charge in [-0.25, -0.2) is 0 Å². The molecule has 0 aliphatic heterocycles. The molecule has 5 nitrogen and oxygen atoms in total. The monoisotopic (exact) mass is 280 g/mol. The Kier molecular flexibility index (Phi) is 6.05. The second-order valence-electron chi connectivity index (χ2n) is 6.21. The number of H-pyrrole nitrogens is 1. The van der Waals surface area contributed by atoms with Crippen LogP contribution in [0.3, 0.4) is 0 Å². The Morgan fingerprint density at radius 3 is 2.25 bits per heavy atom. The van der Waals surface area contributed by atoms with E-state index < -0.39 is 0 Å². The molecule has 0 spiro atoms. The molecule has 1 heterocycles. The zero-order chi connectivity index (χ0) is 15.3. The van der Waals surface area contributed by atoms with E-state index >= 15 is 0 Å². The lowest BCUT2D eigenvalue weighted by atomic mass is 10.1. The van der Waals surface area contributed by atoms with Crippen molar-refractivity contribution in [2.24, 2.45) is 11.8 Å². The number of aromatic amines is 1. The van der Waals surface area contributed by atoms with Crippen LogP contribution in [-0.2, 0) is 6.42 Å². The van der Waals surface area contributed by atoms with E-state index in [2.05, 4.69) is 44.8 Å². The molecule has 1 aromatic heterocycles. The SMILES string of the molecule is CCCc1[nH]nc(C(=O)N(CC(C)C)CC(C)C)c1N. The van der Waals surface area contributed by atoms with Crippen molar-refractivity contribution in [3.63, 3.8) is 0 Å². The standard InChI is InChI=1S/C15H28N4O/c1-6-7-12-13(16)14(18-17-12)15(20)19(8-10(2)3)9-11(4)5/h10-11H,6-9,16H2,1-5H3,(H,17,18). The molecule has 0 aliphatic carbocycles. The molecule has 1 aromatic rings. The van der Waals surface area contributed by atoms with E-state index in [0.29, 0.717) is 23.2 Å². The Bertz CT molecular complexity index is 427. The predicted octanol–water partition coefficient (Wildman–Crippen LogP) is 2.70. The highest BCUT2D eigenvalue weighted by Crippen LogP contribution is 2.18. The van der Waals surface area contributed by atoms with Gasteiger partial charge in [0.05, 0.1) is 11.4 Å². The van der Waals surface area contributed by atoms with E-state index in [4.69, 9.17) is 5.73 Å². The van der Waals surface area contributed by atoms with Crippen molar-refractivity contribution in [2.45, 2.75) is 47.5 Å². The Labute approximate surface area is 121 Å². The van der Waals surface area contributed by atoms with Crippen molar-refractivity contribution in [2.75, 3.05) is 18.8 Å². The molecule has 0 unspecified atom stereocenters. The number of nitrogens with two attached hydrogens (primary N) is 1. The van der Waals surface area contributed by atoms with E-state index in [1.165, 1.54) is 0 Å². The van der Waals surface area contributed by atoms with Gasteiger partial charge in [0, 0.05) is 13.1 Å². The highest BCUT2D eigenvalue weighted by Gasteiger charge is 2.23. The highest BCUT2D eigenvalue weighted by atomic mass is 16.2. The summed E-state index contributed by atoms with van der Waals surface area (Å²) >= 11 is 0. The molecule has 0 bridgehead atoms. The number of carbonyl (C=O) groups is 1. The number of nitrogen functional groups attached to an aromatic ring is 1. The van der Waals surface area contributed by atoms with Gasteiger partial charge >= 0.3 is 0 Å². The Morgan fingerprint density at radius 2 is 1.80 bits per heavy atom. The van der Waals surface area contributed by atoms with Crippen molar-refractivity contribution in [3.8, 4) is 0 Å². The lowest BCUT2D eigenvalue weighted by Gasteiger charge is -2.25. The molecule has 0 fully saturated rings. The molecular weight excluding hydrogens is 252 g/mol. The van der Waals surface area contributed by atoms with Gasteiger partial charge in [-0.05, 0) is 18.3 Å². The molecule has 0 saturated heterocycles. The van der Waals surface area contributed by atoms with Crippen LogP contribution in [0.1, 0.15) is 57.2 Å². The zero-order valence-electron chi connectivity index (χ0n) is 13.4. The van der Waals surface area contributed by atoms with E-state index in [0.717, 1.165) is 31.6 Å². The first-order chi connectivity index (χ1) is 9.36. The third-order valence-corrected chi connectivity index (χ3v) is 3.04. The number of rotatable bonds is 7. The second-order valence-corrected chi connectivity index (χ2v) is 6.21. The minimum Gasteiger partial charge on any atom is -0.395 e. The second kappa shape index (κ2) is 7.31. The fourth-order valence-corrected chi connectivity index (χ4v) is 2.26. The first-order valence-electron chi connectivity index (χ1n) is 7.48. The summed E-state index contributed by atoms with van der Waals surface area (Å²) in [5.41, 5.74) is 7.79. The minimum atomic E-state index is -0.0662. The van der Waals surface area contributed by atoms with Crippen LogP contribution in [0.2, 0.25) is 0 Å². The third-order valence-electron chi connectivity index (χ3n) is 3.04. The average Bonchev–Trinajstić information content (AvgIpc) is 2.69. The fourth-order valence-electron chi connectivity index (χ4n) is 2.26. The first kappa shape index (κ1) is 16.5. The molecule has 0 aromatic carbocycles. The van der Waals surface area contributed by atoms with Gasteiger partial charge in [0.25, 0.3) is 5.91 Å². The number of anilines is 1. The molecule has 1 amide bonds. The molecule has 5 heteroatoms. The quantitative estimate of drug-likeness (QED) is 0.806. The van der Waals surface area contributed by atoms with E-state index in [9.17, 15) is 4.79 Å². The number of nitrogens with one attached hydrogen (secondary N) is 1. The predicted molar refractivity (Wildman–Crippen MR) is 82.6 cm³/mol. The molecular formula is C15H28N4O. The highest BCUT2D eigenvalue weighted by molar-refractivity contribution is 5.97. The van der Waals surface area contributed by atoms with Gasteiger partial charge < -0.3 is 10.6 Å². The summed E-state index contributed by atoms with van der Waals surface area (Å²) in [6.45, 7) is 12.0. The van der Waals surface area contributed by atoms with Gasteiger partial charge in [0.2, 0.25) is 0 Å². The lowest BCUT2D eigenvalue weighted by Crippen LogP contribution is -2.37. The normalized spacial score (nSPS) is 11.3. The Morgan fingerprint density at radius 1 is 1.25 bits per heavy atom. The largest absolute Gasteiger partial charge is 0.395 e. The summed E-state index contributed by atoms with van der Waals surface area (Å²) in [5, 5.41) is 7.02. The van der Waals surface area contributed by atoms with Crippen LogP contribution in [0.15, 0.2) is 0 Å². The zero-order valence-corrected chi connectivity index (χ0v) is 13.4. The van der Waals surface area contributed by atoms with Crippen LogP contribution in [0.4, 0.5) is 5.69 Å². The van der Waals surface area contributed by atoms with Gasteiger partial charge in [-0.2, -0.15) is 5.10 Å². The van der Waals surface area contributed by atoms with Gasteiger partial charge in [-0.3, -0.25) is 9.89 Å². The van der Waals surface area contributed by atoms with Crippen molar-refractivity contribution >= 4 is 11.6 Å². The Balaban J connectivity index is 2.93. The van der Waals surface area contributed by atoms with Crippen LogP contribution in [0.25, 0.3) is 0 Å². The summed E-state index contributed by atoms with van der Waals surface area (Å²) in [6.07, 6.45) is 1.79. The summed E-state index contributed by atoms with van der Waals surface area (Å²) < 4.78 is 0. The molecule has 0 atom stereocenters. The van der Waals surface area contributed by atoms with Crippen LogP contribution in [0, 0.1) is 11.8 Å². The van der Waals surface area contributed by atoms with Gasteiger partial charge in [-0.1, -0.05) is 41.0 Å². The topological polar surface area (TPSA) is 75.0 Å². The summed E-state index contributed by atoms with van der Waals surface area (Å²) in [7, 11) is 0. The molecule has 0 saturated carbocycles. The summed E-state index contributed by atoms with van der Waals surface area (Å²) in [4.78, 5) is 14.5. The number of hydrogen-bond acceptors (Lipinski definition) is 3. The van der Waals surface area contributed by atoms with E-state index in [1.54, 1.807) is 0 Å². The maximum absolute atomic E-state index is 12.6. The number of nitrogens with zero attached hydrogens (tertiary/aromatic N) is 2. The van der Waals surface area contributed by atoms with Crippen LogP contribution in [0.5, 0.6) is 0 Å². The molecule has 20 heavy (non-hydrogen) atoms. The number of hydrogen-bond donors (Lipinski definition) is 2. The van der Waals surface area contributed by atoms with Gasteiger partial charge in [-0.15, -0.1) is 0 Å². The van der Waals surface area contributed by atoms with Crippen molar-refractivity contribution in [1.82, 2.24) is 15.1 Å². The number of aryl methyl sites for hydroxylation is 1. The lowest BCUT2D eigenvalue weighted by molar-refractivity contribution is 0.0710. The van der Waals surface area contributed by atoms with E-state index in [-0.39, 0.29) is 5.91 Å². The van der Waals surface area contributed by atoms with Gasteiger partial charge in [0.15, 0.2) is 5.69 Å². The van der Waals surface area contributed by atoms with Crippen molar-refractivity contribution in [3.05, 3.63) is 11.4 Å².